The Balaban J connectivity index is 2.96. The van der Waals surface area contributed by atoms with E-state index in [1.54, 1.807) is 31.2 Å². The molecule has 0 aliphatic heterocycles. The number of benzene rings is 1. The van der Waals surface area contributed by atoms with Crippen molar-refractivity contribution >= 4 is 10.1 Å². The summed E-state index contributed by atoms with van der Waals surface area (Å²) in [5, 5.41) is 7.45. The van der Waals surface area contributed by atoms with Crippen LogP contribution in [0.1, 0.15) is 16.4 Å². The largest absolute Gasteiger partial charge is 0.394 e. The molecule has 0 saturated heterocycles. The molecule has 1 aromatic carbocycles. The summed E-state index contributed by atoms with van der Waals surface area (Å²) in [6.07, 6.45) is 0. The molecule has 0 amide bonds. The van der Waals surface area contributed by atoms with Gasteiger partial charge in [-0.2, -0.15) is 8.42 Å². The van der Waals surface area contributed by atoms with Crippen LogP contribution in [0, 0.1) is 6.92 Å². The molecular formula is C11H16O5S. The second-order valence-electron chi connectivity index (χ2n) is 3.66. The number of hydrogen-bond donors (Lipinski definition) is 2. The molecule has 17 heavy (non-hydrogen) atoms. The molecule has 0 saturated carbocycles. The van der Waals surface area contributed by atoms with E-state index in [0.29, 0.717) is 5.56 Å². The molecule has 2 N–H and O–H groups in total. The van der Waals surface area contributed by atoms with Crippen LogP contribution in [0.15, 0.2) is 24.3 Å². The first-order valence-electron chi connectivity index (χ1n) is 5.17. The van der Waals surface area contributed by atoms with Crippen molar-refractivity contribution in [3.8, 4) is 0 Å². The second-order valence-corrected chi connectivity index (χ2v) is 5.26. The van der Waals surface area contributed by atoms with Crippen LogP contribution >= 0.6 is 0 Å². The molecule has 1 rings (SSSR count). The van der Waals surface area contributed by atoms with Crippen molar-refractivity contribution < 1.29 is 22.8 Å². The van der Waals surface area contributed by atoms with Crippen molar-refractivity contribution in [2.75, 3.05) is 19.8 Å². The summed E-state index contributed by atoms with van der Waals surface area (Å²) in [4.78, 5) is 0. The highest BCUT2D eigenvalue weighted by Gasteiger charge is 2.26. The quantitative estimate of drug-likeness (QED) is 0.587. The number of ether oxygens (including phenoxy) is 1. The normalized spacial score (nSPS) is 13.6. The van der Waals surface area contributed by atoms with Gasteiger partial charge in [0.1, 0.15) is 5.25 Å². The molecule has 0 heterocycles. The minimum Gasteiger partial charge on any atom is -0.394 e. The molecule has 1 unspecified atom stereocenters. The molecule has 0 aromatic heterocycles. The molecule has 0 aliphatic rings. The average molecular weight is 260 g/mol. The van der Waals surface area contributed by atoms with E-state index in [2.05, 4.69) is 0 Å². The minimum absolute atomic E-state index is 0.0396. The first-order valence-corrected chi connectivity index (χ1v) is 6.67. The third kappa shape index (κ3) is 4.08. The molecule has 0 spiro atoms. The predicted octanol–water partition coefficient (Wildman–Crippen LogP) is 0.933. The van der Waals surface area contributed by atoms with Crippen molar-refractivity contribution in [1.29, 1.82) is 0 Å². The van der Waals surface area contributed by atoms with E-state index in [1.807, 2.05) is 0 Å². The number of aliphatic hydroxyl groups excluding tert-OH is 1. The molecule has 6 heteroatoms. The summed E-state index contributed by atoms with van der Waals surface area (Å²) < 4.78 is 36.8. The fourth-order valence-corrected chi connectivity index (χ4v) is 2.39. The van der Waals surface area contributed by atoms with Gasteiger partial charge in [-0.25, -0.2) is 0 Å². The molecule has 5 nitrogen and oxygen atoms in total. The Hall–Kier alpha value is -0.950. The summed E-state index contributed by atoms with van der Waals surface area (Å²) in [6.45, 7) is 1.44. The Morgan fingerprint density at radius 3 is 2.53 bits per heavy atom. The van der Waals surface area contributed by atoms with E-state index in [9.17, 15) is 13.0 Å². The highest BCUT2D eigenvalue weighted by molar-refractivity contribution is 7.86. The lowest BCUT2D eigenvalue weighted by atomic mass is 10.1. The molecule has 1 aromatic rings. The Labute approximate surface area is 101 Å². The second kappa shape index (κ2) is 6.11. The topological polar surface area (TPSA) is 83.8 Å². The Bertz CT molecular complexity index is 455. The van der Waals surface area contributed by atoms with Gasteiger partial charge in [-0.15, -0.1) is 0 Å². The zero-order valence-electron chi connectivity index (χ0n) is 9.54. The number of aliphatic hydroxyl groups is 1. The lowest BCUT2D eigenvalue weighted by Crippen LogP contribution is -2.20. The molecule has 0 bridgehead atoms. The SMILES string of the molecule is Cc1ccccc1C(COCCO)S(=O)(=O)O. The molecular weight excluding hydrogens is 244 g/mol. The Kier molecular flexibility index (Phi) is 5.07. The predicted molar refractivity (Wildman–Crippen MR) is 63.4 cm³/mol. The number of rotatable bonds is 6. The summed E-state index contributed by atoms with van der Waals surface area (Å²) in [5.41, 5.74) is 1.27. The number of hydrogen-bond acceptors (Lipinski definition) is 4. The zero-order valence-corrected chi connectivity index (χ0v) is 10.4. The lowest BCUT2D eigenvalue weighted by Gasteiger charge is -2.16. The van der Waals surface area contributed by atoms with Crippen LogP contribution in [0.2, 0.25) is 0 Å². The van der Waals surface area contributed by atoms with Gasteiger partial charge in [0, 0.05) is 0 Å². The van der Waals surface area contributed by atoms with E-state index < -0.39 is 15.4 Å². The van der Waals surface area contributed by atoms with Crippen molar-refractivity contribution in [2.24, 2.45) is 0 Å². The Morgan fingerprint density at radius 1 is 1.35 bits per heavy atom. The molecule has 1 atom stereocenters. The zero-order chi connectivity index (χ0) is 12.9. The van der Waals surface area contributed by atoms with Crippen molar-refractivity contribution in [2.45, 2.75) is 12.2 Å². The van der Waals surface area contributed by atoms with Gasteiger partial charge in [-0.1, -0.05) is 24.3 Å². The van der Waals surface area contributed by atoms with E-state index >= 15 is 0 Å². The Morgan fingerprint density at radius 2 is 2.00 bits per heavy atom. The van der Waals surface area contributed by atoms with E-state index in [4.69, 9.17) is 9.84 Å². The van der Waals surface area contributed by atoms with Gasteiger partial charge in [0.05, 0.1) is 19.8 Å². The van der Waals surface area contributed by atoms with E-state index in [0.717, 1.165) is 5.56 Å². The molecule has 0 radical (unpaired) electrons. The van der Waals surface area contributed by atoms with Crippen LogP contribution in [0.25, 0.3) is 0 Å². The molecule has 0 aliphatic carbocycles. The summed E-state index contributed by atoms with van der Waals surface area (Å²) in [7, 11) is -4.23. The fourth-order valence-electron chi connectivity index (χ4n) is 1.54. The summed E-state index contributed by atoms with van der Waals surface area (Å²) >= 11 is 0. The van der Waals surface area contributed by atoms with Crippen LogP contribution in [-0.2, 0) is 14.9 Å². The third-order valence-corrected chi connectivity index (χ3v) is 3.51. The van der Waals surface area contributed by atoms with Gasteiger partial charge in [0.25, 0.3) is 10.1 Å². The summed E-state index contributed by atoms with van der Waals surface area (Å²) in [5.74, 6) is 0. The van der Waals surface area contributed by atoms with Crippen LogP contribution in [-0.4, -0.2) is 37.9 Å². The van der Waals surface area contributed by atoms with Gasteiger partial charge >= 0.3 is 0 Å². The lowest BCUT2D eigenvalue weighted by molar-refractivity contribution is 0.0909. The van der Waals surface area contributed by atoms with E-state index in [1.165, 1.54) is 0 Å². The minimum atomic E-state index is -4.23. The summed E-state index contributed by atoms with van der Waals surface area (Å²) in [6, 6.07) is 6.89. The monoisotopic (exact) mass is 260 g/mol. The third-order valence-electron chi connectivity index (χ3n) is 2.40. The van der Waals surface area contributed by atoms with Crippen LogP contribution < -0.4 is 0 Å². The van der Waals surface area contributed by atoms with Gasteiger partial charge in [0.15, 0.2) is 0 Å². The highest BCUT2D eigenvalue weighted by Crippen LogP contribution is 2.24. The first kappa shape index (κ1) is 14.1. The standard InChI is InChI=1S/C11H16O5S/c1-9-4-2-3-5-10(9)11(17(13,14)15)8-16-7-6-12/h2-5,11-12H,6-8H2,1H3,(H,13,14,15). The smallest absolute Gasteiger partial charge is 0.274 e. The molecule has 0 fully saturated rings. The molecule has 96 valence electrons. The van der Waals surface area contributed by atoms with Crippen molar-refractivity contribution in [3.05, 3.63) is 35.4 Å². The maximum Gasteiger partial charge on any atom is 0.274 e. The first-order chi connectivity index (χ1) is 7.96. The van der Waals surface area contributed by atoms with Crippen molar-refractivity contribution in [3.63, 3.8) is 0 Å². The van der Waals surface area contributed by atoms with E-state index in [-0.39, 0.29) is 19.8 Å². The maximum atomic E-state index is 11.3. The van der Waals surface area contributed by atoms with Crippen LogP contribution in [0.4, 0.5) is 0 Å². The number of aryl methyl sites for hydroxylation is 1. The van der Waals surface area contributed by atoms with Crippen molar-refractivity contribution in [1.82, 2.24) is 0 Å². The van der Waals surface area contributed by atoms with Crippen LogP contribution in [0.3, 0.4) is 0 Å². The maximum absolute atomic E-state index is 11.3. The van der Waals surface area contributed by atoms with Gasteiger partial charge < -0.3 is 9.84 Å². The van der Waals surface area contributed by atoms with Gasteiger partial charge in [-0.05, 0) is 18.1 Å². The highest BCUT2D eigenvalue weighted by atomic mass is 32.2. The average Bonchev–Trinajstić information content (AvgIpc) is 2.24. The van der Waals surface area contributed by atoms with Gasteiger partial charge in [-0.3, -0.25) is 4.55 Å². The fraction of sp³-hybridized carbons (Fsp3) is 0.455. The van der Waals surface area contributed by atoms with Gasteiger partial charge in [0.2, 0.25) is 0 Å². The van der Waals surface area contributed by atoms with Crippen LogP contribution in [0.5, 0.6) is 0 Å².